The molecule has 0 aliphatic carbocycles. The van der Waals surface area contributed by atoms with Crippen LogP contribution < -0.4 is 10.2 Å². The van der Waals surface area contributed by atoms with Gasteiger partial charge in [-0.25, -0.2) is 0 Å². The molecule has 4 nitrogen and oxygen atoms in total. The number of ether oxygens (including phenoxy) is 1. The predicted molar refractivity (Wildman–Crippen MR) is 81.9 cm³/mol. The summed E-state index contributed by atoms with van der Waals surface area (Å²) in [6.07, 6.45) is 0. The molecule has 1 aliphatic rings. The van der Waals surface area contributed by atoms with E-state index in [-0.39, 0.29) is 11.7 Å². The first-order valence-electron chi connectivity index (χ1n) is 6.83. The standard InChI is InChI=1S/C17H16N2O2/c1-21-14-9-7-12(8-10-14)15-11-18-19-16(15)17(20)13-5-3-2-4-6-13/h2-10,15,18H,11H2,1H3. The lowest BCUT2D eigenvalue weighted by atomic mass is 9.90. The lowest BCUT2D eigenvalue weighted by Crippen LogP contribution is -2.21. The minimum absolute atomic E-state index is 0.0244. The van der Waals surface area contributed by atoms with Crippen molar-refractivity contribution in [2.24, 2.45) is 5.10 Å². The Morgan fingerprint density at radius 2 is 1.86 bits per heavy atom. The topological polar surface area (TPSA) is 50.7 Å². The fraction of sp³-hybridized carbons (Fsp3) is 0.176. The Balaban J connectivity index is 1.86. The van der Waals surface area contributed by atoms with Crippen LogP contribution in [0.4, 0.5) is 0 Å². The van der Waals surface area contributed by atoms with Crippen molar-refractivity contribution < 1.29 is 9.53 Å². The summed E-state index contributed by atoms with van der Waals surface area (Å²) in [6.45, 7) is 0.639. The van der Waals surface area contributed by atoms with Crippen LogP contribution in [0.25, 0.3) is 0 Å². The highest BCUT2D eigenvalue weighted by atomic mass is 16.5. The second-order valence-corrected chi connectivity index (χ2v) is 4.88. The molecular formula is C17H16N2O2. The molecule has 2 aromatic carbocycles. The maximum atomic E-state index is 12.6. The quantitative estimate of drug-likeness (QED) is 0.876. The predicted octanol–water partition coefficient (Wildman–Crippen LogP) is 2.62. The number of nitrogens with zero attached hydrogens (tertiary/aromatic N) is 1. The molecule has 3 rings (SSSR count). The van der Waals surface area contributed by atoms with E-state index in [0.29, 0.717) is 17.8 Å². The molecule has 1 unspecified atom stereocenters. The third-order valence-electron chi connectivity index (χ3n) is 3.61. The number of hydrogen-bond donors (Lipinski definition) is 1. The van der Waals surface area contributed by atoms with Crippen LogP contribution in [0.3, 0.4) is 0 Å². The number of carbonyl (C=O) groups excluding carboxylic acids is 1. The van der Waals surface area contributed by atoms with E-state index in [1.807, 2.05) is 54.6 Å². The molecule has 4 heteroatoms. The molecule has 1 N–H and O–H groups in total. The molecule has 1 aliphatic heterocycles. The van der Waals surface area contributed by atoms with Crippen LogP contribution in [0.2, 0.25) is 0 Å². The van der Waals surface area contributed by atoms with Crippen molar-refractivity contribution in [2.45, 2.75) is 5.92 Å². The first-order valence-corrected chi connectivity index (χ1v) is 6.83. The number of rotatable bonds is 4. The highest BCUT2D eigenvalue weighted by molar-refractivity contribution is 6.48. The van der Waals surface area contributed by atoms with E-state index >= 15 is 0 Å². The van der Waals surface area contributed by atoms with Crippen molar-refractivity contribution in [1.82, 2.24) is 5.43 Å². The van der Waals surface area contributed by atoms with Crippen molar-refractivity contribution in [3.05, 3.63) is 65.7 Å². The third kappa shape index (κ3) is 2.65. The zero-order valence-electron chi connectivity index (χ0n) is 11.7. The van der Waals surface area contributed by atoms with Crippen LogP contribution in [0.15, 0.2) is 59.7 Å². The fourth-order valence-corrected chi connectivity index (χ4v) is 2.46. The first-order chi connectivity index (χ1) is 10.3. The monoisotopic (exact) mass is 280 g/mol. The average Bonchev–Trinajstić information content (AvgIpc) is 3.04. The molecule has 106 valence electrons. The van der Waals surface area contributed by atoms with E-state index in [0.717, 1.165) is 11.3 Å². The largest absolute Gasteiger partial charge is 0.497 e. The Hall–Kier alpha value is -2.62. The normalized spacial score (nSPS) is 17.0. The molecule has 0 spiro atoms. The summed E-state index contributed by atoms with van der Waals surface area (Å²) in [5.41, 5.74) is 5.22. The number of hydrogen-bond acceptors (Lipinski definition) is 4. The Bertz CT molecular complexity index is 663. The van der Waals surface area contributed by atoms with Crippen LogP contribution in [-0.2, 0) is 0 Å². The number of methoxy groups -OCH3 is 1. The summed E-state index contributed by atoms with van der Waals surface area (Å²) in [7, 11) is 1.64. The number of ketones is 1. The van der Waals surface area contributed by atoms with E-state index in [9.17, 15) is 4.79 Å². The molecule has 1 heterocycles. The molecule has 21 heavy (non-hydrogen) atoms. The highest BCUT2D eigenvalue weighted by Gasteiger charge is 2.29. The Labute approximate surface area is 123 Å². The summed E-state index contributed by atoms with van der Waals surface area (Å²) in [5, 5.41) is 4.20. The van der Waals surface area contributed by atoms with Gasteiger partial charge in [0.05, 0.1) is 13.0 Å². The Morgan fingerprint density at radius 1 is 1.14 bits per heavy atom. The minimum Gasteiger partial charge on any atom is -0.497 e. The second-order valence-electron chi connectivity index (χ2n) is 4.88. The lowest BCUT2D eigenvalue weighted by molar-refractivity contribution is 0.106. The maximum absolute atomic E-state index is 12.6. The van der Waals surface area contributed by atoms with Crippen LogP contribution in [-0.4, -0.2) is 25.1 Å². The van der Waals surface area contributed by atoms with Crippen LogP contribution in [0, 0.1) is 0 Å². The Morgan fingerprint density at radius 3 is 2.52 bits per heavy atom. The molecule has 0 amide bonds. The van der Waals surface area contributed by atoms with Gasteiger partial charge < -0.3 is 10.2 Å². The van der Waals surface area contributed by atoms with Crippen LogP contribution >= 0.6 is 0 Å². The SMILES string of the molecule is COc1ccc(C2CNN=C2C(=O)c2ccccc2)cc1. The van der Waals surface area contributed by atoms with E-state index in [2.05, 4.69) is 10.5 Å². The smallest absolute Gasteiger partial charge is 0.209 e. The molecule has 0 saturated carbocycles. The van der Waals surface area contributed by atoms with Gasteiger partial charge in [-0.2, -0.15) is 5.10 Å². The highest BCUT2D eigenvalue weighted by Crippen LogP contribution is 2.24. The number of benzene rings is 2. The average molecular weight is 280 g/mol. The van der Waals surface area contributed by atoms with Gasteiger partial charge in [0, 0.05) is 12.1 Å². The van der Waals surface area contributed by atoms with E-state index < -0.39 is 0 Å². The van der Waals surface area contributed by atoms with Crippen molar-refractivity contribution in [1.29, 1.82) is 0 Å². The van der Waals surface area contributed by atoms with Crippen molar-refractivity contribution in [3.63, 3.8) is 0 Å². The number of nitrogens with one attached hydrogen (secondary N) is 1. The zero-order valence-corrected chi connectivity index (χ0v) is 11.7. The van der Waals surface area contributed by atoms with Gasteiger partial charge in [-0.15, -0.1) is 0 Å². The van der Waals surface area contributed by atoms with Gasteiger partial charge in [-0.05, 0) is 17.7 Å². The number of hydrazone groups is 1. The van der Waals surface area contributed by atoms with Gasteiger partial charge >= 0.3 is 0 Å². The molecule has 0 aromatic heterocycles. The zero-order chi connectivity index (χ0) is 14.7. The van der Waals surface area contributed by atoms with Crippen LogP contribution in [0.5, 0.6) is 5.75 Å². The summed E-state index contributed by atoms with van der Waals surface area (Å²) in [6, 6.07) is 17.0. The molecule has 2 aromatic rings. The van der Waals surface area contributed by atoms with Crippen molar-refractivity contribution >= 4 is 11.5 Å². The number of carbonyl (C=O) groups is 1. The molecular weight excluding hydrogens is 264 g/mol. The van der Waals surface area contributed by atoms with E-state index in [4.69, 9.17) is 4.74 Å². The van der Waals surface area contributed by atoms with Gasteiger partial charge in [-0.1, -0.05) is 42.5 Å². The molecule has 0 saturated heterocycles. The van der Waals surface area contributed by atoms with Crippen molar-refractivity contribution in [3.8, 4) is 5.75 Å². The summed E-state index contributed by atoms with van der Waals surface area (Å²) < 4.78 is 5.16. The first kappa shape index (κ1) is 13.4. The minimum atomic E-state index is -0.0265. The summed E-state index contributed by atoms with van der Waals surface area (Å²) in [4.78, 5) is 12.6. The third-order valence-corrected chi connectivity index (χ3v) is 3.61. The molecule has 0 radical (unpaired) electrons. The fourth-order valence-electron chi connectivity index (χ4n) is 2.46. The van der Waals surface area contributed by atoms with Gasteiger partial charge in [0.1, 0.15) is 11.5 Å². The van der Waals surface area contributed by atoms with Gasteiger partial charge in [-0.3, -0.25) is 4.79 Å². The molecule has 0 bridgehead atoms. The Kier molecular flexibility index (Phi) is 3.69. The van der Waals surface area contributed by atoms with Crippen molar-refractivity contribution in [2.75, 3.05) is 13.7 Å². The summed E-state index contributed by atoms with van der Waals surface area (Å²) in [5.74, 6) is 0.752. The van der Waals surface area contributed by atoms with Gasteiger partial charge in [0.2, 0.25) is 5.78 Å². The van der Waals surface area contributed by atoms with E-state index in [1.165, 1.54) is 0 Å². The van der Waals surface area contributed by atoms with Crippen LogP contribution in [0.1, 0.15) is 21.8 Å². The maximum Gasteiger partial charge on any atom is 0.209 e. The second kappa shape index (κ2) is 5.79. The van der Waals surface area contributed by atoms with Gasteiger partial charge in [0.15, 0.2) is 0 Å². The molecule has 0 fully saturated rings. The number of Topliss-reactive ketones (excluding diaryl/α,β-unsaturated/α-hetero) is 1. The van der Waals surface area contributed by atoms with E-state index in [1.54, 1.807) is 7.11 Å². The summed E-state index contributed by atoms with van der Waals surface area (Å²) >= 11 is 0. The molecule has 1 atom stereocenters. The van der Waals surface area contributed by atoms with Gasteiger partial charge in [0.25, 0.3) is 0 Å². The lowest BCUT2D eigenvalue weighted by Gasteiger charge is -2.12.